The highest BCUT2D eigenvalue weighted by Crippen LogP contribution is 2.43. The maximum atomic E-state index is 14.5. The van der Waals surface area contributed by atoms with E-state index in [1.807, 2.05) is 18.2 Å². The van der Waals surface area contributed by atoms with Gasteiger partial charge in [-0.05, 0) is 13.0 Å². The van der Waals surface area contributed by atoms with Crippen LogP contribution < -0.4 is 9.88 Å². The molecule has 0 saturated heterocycles. The van der Waals surface area contributed by atoms with Gasteiger partial charge in [0.05, 0.1) is 22.6 Å². The first-order valence-corrected chi connectivity index (χ1v) is 7.94. The molecule has 4 nitrogen and oxygen atoms in total. The van der Waals surface area contributed by atoms with E-state index in [1.54, 1.807) is 42.1 Å². The Morgan fingerprint density at radius 2 is 1.92 bits per heavy atom. The number of rotatable bonds is 2. The van der Waals surface area contributed by atoms with Gasteiger partial charge in [-0.1, -0.05) is 24.3 Å². The van der Waals surface area contributed by atoms with Gasteiger partial charge >= 0.3 is 0 Å². The van der Waals surface area contributed by atoms with E-state index in [9.17, 15) is 14.8 Å². The minimum Gasteiger partial charge on any atom is -0.366 e. The molecule has 0 fully saturated rings. The number of pyridine rings is 1. The summed E-state index contributed by atoms with van der Waals surface area (Å²) in [5.74, 6) is -1.09. The molecule has 0 saturated carbocycles. The fourth-order valence-corrected chi connectivity index (χ4v) is 3.66. The molecule has 6 heteroatoms. The second-order valence-electron chi connectivity index (χ2n) is 5.91. The van der Waals surface area contributed by atoms with Crippen LogP contribution >= 0.6 is 12.6 Å². The van der Waals surface area contributed by atoms with Gasteiger partial charge in [-0.3, -0.25) is 0 Å². The molecule has 2 heterocycles. The van der Waals surface area contributed by atoms with Crippen LogP contribution in [0.1, 0.15) is 24.4 Å². The molecule has 3 unspecified atom stereocenters. The van der Waals surface area contributed by atoms with Gasteiger partial charge in [0, 0.05) is 17.7 Å². The molecule has 1 aromatic carbocycles. The second-order valence-corrected chi connectivity index (χ2v) is 6.36. The van der Waals surface area contributed by atoms with Crippen molar-refractivity contribution in [3.8, 4) is 6.07 Å². The maximum Gasteiger partial charge on any atom is 0.216 e. The summed E-state index contributed by atoms with van der Waals surface area (Å²) in [4.78, 5) is 0. The van der Waals surface area contributed by atoms with Crippen LogP contribution in [-0.2, 0) is 0 Å². The molecule has 1 aliphatic heterocycles. The Labute approximate surface area is 145 Å². The molecule has 122 valence electrons. The standard InChI is InChI=1S/C18H16FN3OS/c1-18(23)16(22-9-5-2-6-10-22)15(13(11-20)17(24)21-18)12-7-3-4-8-14(12)19/h2-10,15-16,21,23H,1H3/p+1. The van der Waals surface area contributed by atoms with Crippen molar-refractivity contribution in [1.29, 1.82) is 5.26 Å². The summed E-state index contributed by atoms with van der Waals surface area (Å²) in [5, 5.41) is 23.7. The van der Waals surface area contributed by atoms with E-state index in [2.05, 4.69) is 24.0 Å². The molecule has 1 aromatic heterocycles. The lowest BCUT2D eigenvalue weighted by Crippen LogP contribution is -2.62. The van der Waals surface area contributed by atoms with Gasteiger partial charge in [0.2, 0.25) is 6.04 Å². The zero-order valence-electron chi connectivity index (χ0n) is 13.0. The second kappa shape index (κ2) is 6.27. The van der Waals surface area contributed by atoms with Gasteiger partial charge in [-0.15, -0.1) is 12.6 Å². The van der Waals surface area contributed by atoms with Crippen molar-refractivity contribution in [2.75, 3.05) is 0 Å². The van der Waals surface area contributed by atoms with Crippen LogP contribution in [0.25, 0.3) is 0 Å². The van der Waals surface area contributed by atoms with Gasteiger partial charge in [0.15, 0.2) is 18.1 Å². The normalized spacial score (nSPS) is 26.6. The number of nitriles is 1. The van der Waals surface area contributed by atoms with Crippen LogP contribution in [0, 0.1) is 17.1 Å². The first-order chi connectivity index (χ1) is 11.5. The summed E-state index contributed by atoms with van der Waals surface area (Å²) in [5.41, 5.74) is -0.781. The van der Waals surface area contributed by atoms with Gasteiger partial charge in [0.1, 0.15) is 5.82 Å². The van der Waals surface area contributed by atoms with E-state index >= 15 is 0 Å². The zero-order valence-corrected chi connectivity index (χ0v) is 13.9. The molecule has 2 N–H and O–H groups in total. The molecule has 24 heavy (non-hydrogen) atoms. The molecule has 0 amide bonds. The average Bonchev–Trinajstić information content (AvgIpc) is 2.55. The van der Waals surface area contributed by atoms with Crippen molar-refractivity contribution >= 4 is 12.6 Å². The SMILES string of the molecule is CC1(O)NC(S)=C(C#N)C(c2ccccc2F)C1[n+]1ccccc1. The van der Waals surface area contributed by atoms with Crippen molar-refractivity contribution in [2.24, 2.45) is 0 Å². The monoisotopic (exact) mass is 342 g/mol. The fourth-order valence-electron chi connectivity index (χ4n) is 3.25. The predicted molar refractivity (Wildman–Crippen MR) is 90.2 cm³/mol. The number of benzene rings is 1. The first-order valence-electron chi connectivity index (χ1n) is 7.49. The lowest BCUT2D eigenvalue weighted by atomic mass is 9.78. The zero-order chi connectivity index (χ0) is 17.3. The lowest BCUT2D eigenvalue weighted by Gasteiger charge is -2.39. The third-order valence-corrected chi connectivity index (χ3v) is 4.60. The Bertz CT molecular complexity index is 830. The van der Waals surface area contributed by atoms with Gasteiger partial charge in [0.25, 0.3) is 0 Å². The van der Waals surface area contributed by atoms with E-state index in [-0.39, 0.29) is 10.6 Å². The number of halogens is 1. The van der Waals surface area contributed by atoms with E-state index in [0.29, 0.717) is 5.56 Å². The van der Waals surface area contributed by atoms with Gasteiger partial charge < -0.3 is 10.4 Å². The molecule has 0 aliphatic carbocycles. The molecule has 3 rings (SSSR count). The van der Waals surface area contributed by atoms with E-state index in [0.717, 1.165) is 0 Å². The molecule has 3 atom stereocenters. The van der Waals surface area contributed by atoms with Crippen molar-refractivity contribution in [3.63, 3.8) is 0 Å². The summed E-state index contributed by atoms with van der Waals surface area (Å²) in [7, 11) is 0. The number of aliphatic hydroxyl groups is 1. The molecule has 0 radical (unpaired) electrons. The minimum absolute atomic E-state index is 0.253. The van der Waals surface area contributed by atoms with Gasteiger partial charge in [-0.2, -0.15) is 9.83 Å². The Morgan fingerprint density at radius 3 is 2.54 bits per heavy atom. The van der Waals surface area contributed by atoms with Crippen LogP contribution in [-0.4, -0.2) is 10.8 Å². The number of hydrogen-bond donors (Lipinski definition) is 3. The van der Waals surface area contributed by atoms with Crippen molar-refractivity contribution in [3.05, 3.63) is 76.8 Å². The van der Waals surface area contributed by atoms with Crippen LogP contribution in [0.4, 0.5) is 4.39 Å². The van der Waals surface area contributed by atoms with Crippen molar-refractivity contribution in [2.45, 2.75) is 24.6 Å². The van der Waals surface area contributed by atoms with E-state index in [1.165, 1.54) is 6.07 Å². The Hall–Kier alpha value is -2.36. The Morgan fingerprint density at radius 1 is 1.25 bits per heavy atom. The number of aromatic nitrogens is 1. The third kappa shape index (κ3) is 2.77. The van der Waals surface area contributed by atoms with Crippen LogP contribution in [0.15, 0.2) is 65.5 Å². The summed E-state index contributed by atoms with van der Waals surface area (Å²) < 4.78 is 16.3. The molecule has 2 aromatic rings. The van der Waals surface area contributed by atoms with E-state index < -0.39 is 23.5 Å². The number of allylic oxidation sites excluding steroid dienone is 1. The number of nitrogens with zero attached hydrogens (tertiary/aromatic N) is 2. The summed E-state index contributed by atoms with van der Waals surface area (Å²) >= 11 is 4.30. The number of hydrogen-bond acceptors (Lipinski definition) is 4. The fraction of sp³-hybridized carbons (Fsp3) is 0.222. The molecule has 0 bridgehead atoms. The quantitative estimate of drug-likeness (QED) is 0.580. The van der Waals surface area contributed by atoms with Crippen molar-refractivity contribution < 1.29 is 14.1 Å². The maximum absolute atomic E-state index is 14.5. The largest absolute Gasteiger partial charge is 0.366 e. The summed E-state index contributed by atoms with van der Waals surface area (Å²) in [6.07, 6.45) is 3.57. The van der Waals surface area contributed by atoms with Crippen LogP contribution in [0.2, 0.25) is 0 Å². The predicted octanol–water partition coefficient (Wildman–Crippen LogP) is 2.41. The summed E-state index contributed by atoms with van der Waals surface area (Å²) in [6, 6.07) is 13.3. The van der Waals surface area contributed by atoms with Crippen LogP contribution in [0.5, 0.6) is 0 Å². The first kappa shape index (κ1) is 16.5. The molecule has 0 spiro atoms. The topological polar surface area (TPSA) is 59.9 Å². The molecule has 1 aliphatic rings. The smallest absolute Gasteiger partial charge is 0.216 e. The number of thiol groups is 1. The Balaban J connectivity index is 2.27. The molecular formula is C18H17FN3OS+. The summed E-state index contributed by atoms with van der Waals surface area (Å²) in [6.45, 7) is 1.59. The lowest BCUT2D eigenvalue weighted by molar-refractivity contribution is -0.741. The highest BCUT2D eigenvalue weighted by molar-refractivity contribution is 7.84. The minimum atomic E-state index is -1.42. The number of nitrogens with one attached hydrogen (secondary N) is 1. The van der Waals surface area contributed by atoms with E-state index in [4.69, 9.17) is 0 Å². The van der Waals surface area contributed by atoms with Gasteiger partial charge in [-0.25, -0.2) is 4.39 Å². The molecular weight excluding hydrogens is 325 g/mol. The Kier molecular flexibility index (Phi) is 4.31. The highest BCUT2D eigenvalue weighted by atomic mass is 32.1. The van der Waals surface area contributed by atoms with Crippen molar-refractivity contribution in [1.82, 2.24) is 5.32 Å². The third-order valence-electron chi connectivity index (χ3n) is 4.25. The highest BCUT2D eigenvalue weighted by Gasteiger charge is 2.52. The van der Waals surface area contributed by atoms with Crippen LogP contribution in [0.3, 0.4) is 0 Å². The average molecular weight is 342 g/mol.